The lowest BCUT2D eigenvalue weighted by Crippen LogP contribution is -2.08. The van der Waals surface area contributed by atoms with Gasteiger partial charge in [0.15, 0.2) is 5.82 Å². The molecule has 1 fully saturated rings. The zero-order valence-corrected chi connectivity index (χ0v) is 14.5. The molecule has 0 saturated heterocycles. The van der Waals surface area contributed by atoms with Crippen molar-refractivity contribution in [3.05, 3.63) is 63.5 Å². The molecular weight excluding hydrogens is 324 g/mol. The summed E-state index contributed by atoms with van der Waals surface area (Å²) >= 11 is 6.31. The van der Waals surface area contributed by atoms with Crippen LogP contribution in [0.5, 0.6) is 0 Å². The number of hydrogen-bond acceptors (Lipinski definition) is 4. The molecule has 1 aromatic carbocycles. The quantitative estimate of drug-likeness (QED) is 0.701. The Bertz CT molecular complexity index is 860. The number of aromatic nitrogens is 4. The van der Waals surface area contributed by atoms with Crippen LogP contribution in [0.1, 0.15) is 53.0 Å². The summed E-state index contributed by atoms with van der Waals surface area (Å²) < 4.78 is 7.26. The van der Waals surface area contributed by atoms with E-state index in [1.807, 2.05) is 42.8 Å². The number of aryl methyl sites for hydroxylation is 2. The molecule has 1 aliphatic rings. The largest absolute Gasteiger partial charge is 0.361 e. The summed E-state index contributed by atoms with van der Waals surface area (Å²) in [5, 5.41) is 9.54. The zero-order chi connectivity index (χ0) is 16.7. The summed E-state index contributed by atoms with van der Waals surface area (Å²) in [6.45, 7) is 4.52. The molecule has 0 N–H and O–H groups in total. The van der Waals surface area contributed by atoms with E-state index >= 15 is 0 Å². The van der Waals surface area contributed by atoms with Crippen LogP contribution in [0.4, 0.5) is 0 Å². The van der Waals surface area contributed by atoms with Crippen LogP contribution in [0.3, 0.4) is 0 Å². The van der Waals surface area contributed by atoms with Crippen LogP contribution in [0.15, 0.2) is 28.8 Å². The normalized spacial score (nSPS) is 14.3. The van der Waals surface area contributed by atoms with E-state index in [0.717, 1.165) is 39.3 Å². The predicted molar refractivity (Wildman–Crippen MR) is 91.3 cm³/mol. The Labute approximate surface area is 145 Å². The van der Waals surface area contributed by atoms with Gasteiger partial charge in [0.2, 0.25) is 0 Å². The van der Waals surface area contributed by atoms with Crippen molar-refractivity contribution in [2.75, 3.05) is 0 Å². The summed E-state index contributed by atoms with van der Waals surface area (Å²) in [5.74, 6) is 3.24. The van der Waals surface area contributed by atoms with E-state index in [-0.39, 0.29) is 0 Å². The summed E-state index contributed by atoms with van der Waals surface area (Å²) in [4.78, 5) is 4.79. The molecule has 0 bridgehead atoms. The Hall–Kier alpha value is -2.14. The van der Waals surface area contributed by atoms with Crippen molar-refractivity contribution in [1.82, 2.24) is 19.9 Å². The van der Waals surface area contributed by atoms with Gasteiger partial charge in [0.1, 0.15) is 11.6 Å². The average Bonchev–Trinajstić information content (AvgIpc) is 3.28. The Morgan fingerprint density at radius 3 is 2.71 bits per heavy atom. The minimum absolute atomic E-state index is 0.515. The molecule has 124 valence electrons. The van der Waals surface area contributed by atoms with Gasteiger partial charge in [0.25, 0.3) is 0 Å². The lowest BCUT2D eigenvalue weighted by Gasteiger charge is -2.07. The summed E-state index contributed by atoms with van der Waals surface area (Å²) in [7, 11) is 0. The number of benzene rings is 1. The van der Waals surface area contributed by atoms with Crippen molar-refractivity contribution in [2.45, 2.75) is 45.6 Å². The lowest BCUT2D eigenvalue weighted by molar-refractivity contribution is 0.392. The molecule has 1 aliphatic carbocycles. The van der Waals surface area contributed by atoms with Crippen LogP contribution in [-0.4, -0.2) is 19.9 Å². The first-order chi connectivity index (χ1) is 11.6. The average molecular weight is 343 g/mol. The third kappa shape index (κ3) is 2.96. The summed E-state index contributed by atoms with van der Waals surface area (Å²) in [6, 6.07) is 7.87. The third-order valence-electron chi connectivity index (χ3n) is 4.50. The highest BCUT2D eigenvalue weighted by Crippen LogP contribution is 2.38. The first-order valence-corrected chi connectivity index (χ1v) is 8.58. The highest BCUT2D eigenvalue weighted by atomic mass is 35.5. The van der Waals surface area contributed by atoms with Crippen molar-refractivity contribution < 1.29 is 4.52 Å². The topological polar surface area (TPSA) is 56.7 Å². The van der Waals surface area contributed by atoms with Gasteiger partial charge in [-0.2, -0.15) is 5.10 Å². The van der Waals surface area contributed by atoms with Gasteiger partial charge >= 0.3 is 0 Å². The van der Waals surface area contributed by atoms with Gasteiger partial charge in [0.05, 0.1) is 12.2 Å². The molecule has 0 spiro atoms. The van der Waals surface area contributed by atoms with Crippen LogP contribution in [0.2, 0.25) is 5.02 Å². The molecule has 0 unspecified atom stereocenters. The fourth-order valence-corrected chi connectivity index (χ4v) is 3.06. The van der Waals surface area contributed by atoms with E-state index in [1.165, 1.54) is 12.8 Å². The van der Waals surface area contributed by atoms with Crippen molar-refractivity contribution >= 4 is 11.6 Å². The summed E-state index contributed by atoms with van der Waals surface area (Å²) in [5.41, 5.74) is 3.05. The van der Waals surface area contributed by atoms with E-state index in [0.29, 0.717) is 18.9 Å². The van der Waals surface area contributed by atoms with E-state index in [1.54, 1.807) is 0 Å². The summed E-state index contributed by atoms with van der Waals surface area (Å²) in [6.07, 6.45) is 3.03. The highest BCUT2D eigenvalue weighted by Gasteiger charge is 2.29. The van der Waals surface area contributed by atoms with Crippen molar-refractivity contribution in [3.8, 4) is 0 Å². The second-order valence-electron chi connectivity index (χ2n) is 6.39. The van der Waals surface area contributed by atoms with E-state index in [4.69, 9.17) is 26.2 Å². The molecule has 0 aliphatic heterocycles. The first kappa shape index (κ1) is 15.4. The van der Waals surface area contributed by atoms with Crippen LogP contribution in [-0.2, 0) is 13.0 Å². The Balaban J connectivity index is 1.69. The van der Waals surface area contributed by atoms with Crippen LogP contribution in [0, 0.1) is 13.8 Å². The van der Waals surface area contributed by atoms with Gasteiger partial charge in [-0.25, -0.2) is 9.67 Å². The molecule has 0 atom stereocenters. The molecule has 24 heavy (non-hydrogen) atoms. The van der Waals surface area contributed by atoms with Gasteiger partial charge in [-0.05, 0) is 38.3 Å². The molecule has 4 rings (SSSR count). The van der Waals surface area contributed by atoms with Gasteiger partial charge < -0.3 is 4.52 Å². The molecule has 5 nitrogen and oxygen atoms in total. The maximum atomic E-state index is 6.31. The smallest absolute Gasteiger partial charge is 0.154 e. The van der Waals surface area contributed by atoms with Crippen LogP contribution in [0.25, 0.3) is 0 Å². The second-order valence-corrected chi connectivity index (χ2v) is 6.80. The number of nitrogens with zero attached hydrogens (tertiary/aromatic N) is 4. The van der Waals surface area contributed by atoms with E-state index in [9.17, 15) is 0 Å². The molecule has 6 heteroatoms. The SMILES string of the molecule is Cc1noc(C)c1Cc1nc(C2CC2)nn1Cc1ccccc1Cl. The minimum atomic E-state index is 0.515. The molecular formula is C18H19ClN4O. The Morgan fingerprint density at radius 2 is 2.04 bits per heavy atom. The van der Waals surface area contributed by atoms with Crippen molar-refractivity contribution in [2.24, 2.45) is 0 Å². The third-order valence-corrected chi connectivity index (χ3v) is 4.87. The Kier molecular flexibility index (Phi) is 3.88. The second kappa shape index (κ2) is 6.06. The maximum absolute atomic E-state index is 6.31. The maximum Gasteiger partial charge on any atom is 0.154 e. The fourth-order valence-electron chi connectivity index (χ4n) is 2.87. The van der Waals surface area contributed by atoms with Gasteiger partial charge in [0, 0.05) is 22.9 Å². The molecule has 2 heterocycles. The molecule has 3 aromatic rings. The highest BCUT2D eigenvalue weighted by molar-refractivity contribution is 6.31. The van der Waals surface area contributed by atoms with Crippen LogP contribution < -0.4 is 0 Å². The van der Waals surface area contributed by atoms with E-state index in [2.05, 4.69) is 5.16 Å². The standard InChI is InChI=1S/C18H19ClN4O/c1-11-15(12(2)24-22-11)9-17-20-18(13-7-8-13)21-23(17)10-14-5-3-4-6-16(14)19/h3-6,13H,7-10H2,1-2H3. The van der Waals surface area contributed by atoms with Gasteiger partial charge in [-0.15, -0.1) is 0 Å². The minimum Gasteiger partial charge on any atom is -0.361 e. The zero-order valence-electron chi connectivity index (χ0n) is 13.8. The molecule has 0 amide bonds. The number of rotatable bonds is 5. The molecule has 2 aromatic heterocycles. The van der Waals surface area contributed by atoms with Crippen molar-refractivity contribution in [3.63, 3.8) is 0 Å². The molecule has 0 radical (unpaired) electrons. The predicted octanol–water partition coefficient (Wildman–Crippen LogP) is 4.05. The fraction of sp³-hybridized carbons (Fsp3) is 0.389. The number of hydrogen-bond donors (Lipinski definition) is 0. The number of halogens is 1. The van der Waals surface area contributed by atoms with Crippen LogP contribution >= 0.6 is 11.6 Å². The van der Waals surface area contributed by atoms with Gasteiger partial charge in [-0.1, -0.05) is 35.0 Å². The first-order valence-electron chi connectivity index (χ1n) is 8.20. The van der Waals surface area contributed by atoms with Crippen molar-refractivity contribution in [1.29, 1.82) is 0 Å². The van der Waals surface area contributed by atoms with E-state index < -0.39 is 0 Å². The lowest BCUT2D eigenvalue weighted by atomic mass is 10.1. The monoisotopic (exact) mass is 342 g/mol. The van der Waals surface area contributed by atoms with Gasteiger partial charge in [-0.3, -0.25) is 0 Å². The Morgan fingerprint density at radius 1 is 1.25 bits per heavy atom. The molecule has 1 saturated carbocycles.